The highest BCUT2D eigenvalue weighted by Crippen LogP contribution is 2.35. The van der Waals surface area contributed by atoms with E-state index in [0.717, 1.165) is 5.56 Å². The van der Waals surface area contributed by atoms with Gasteiger partial charge in [0.15, 0.2) is 0 Å². The lowest BCUT2D eigenvalue weighted by Crippen LogP contribution is -2.51. The van der Waals surface area contributed by atoms with Gasteiger partial charge in [0.05, 0.1) is 10.9 Å². The summed E-state index contributed by atoms with van der Waals surface area (Å²) in [6, 6.07) is 6.61. The molecular formula is C17H23BrN2O4S. The number of piperazine rings is 1. The molecule has 25 heavy (non-hydrogen) atoms. The summed E-state index contributed by atoms with van der Waals surface area (Å²) in [5, 5.41) is 0.687. The Labute approximate surface area is 157 Å². The third kappa shape index (κ3) is 3.71. The molecule has 3 rings (SSSR count). The lowest BCUT2D eigenvalue weighted by molar-refractivity contribution is 0.0173. The Bertz CT molecular complexity index is 758. The Morgan fingerprint density at radius 2 is 1.84 bits per heavy atom. The van der Waals surface area contributed by atoms with Crippen LogP contribution in [-0.2, 0) is 20.1 Å². The number of benzene rings is 1. The highest BCUT2D eigenvalue weighted by molar-refractivity contribution is 9.08. The van der Waals surface area contributed by atoms with Gasteiger partial charge in [-0.15, -0.1) is 0 Å². The minimum absolute atomic E-state index is 0.114. The predicted octanol–water partition coefficient (Wildman–Crippen LogP) is 2.96. The van der Waals surface area contributed by atoms with E-state index in [2.05, 4.69) is 15.9 Å². The number of likely N-dealkylation sites (tertiary alicyclic amines) is 1. The Kier molecular flexibility index (Phi) is 4.89. The second-order valence-electron chi connectivity index (χ2n) is 7.53. The van der Waals surface area contributed by atoms with E-state index in [4.69, 9.17) is 4.74 Å². The maximum Gasteiger partial charge on any atom is 0.410 e. The number of amides is 1. The number of nitrogens with zero attached hydrogens (tertiary/aromatic N) is 2. The van der Waals surface area contributed by atoms with Gasteiger partial charge in [-0.1, -0.05) is 28.1 Å². The zero-order valence-corrected chi connectivity index (χ0v) is 17.0. The predicted molar refractivity (Wildman–Crippen MR) is 98.1 cm³/mol. The molecular weight excluding hydrogens is 408 g/mol. The van der Waals surface area contributed by atoms with E-state index in [1.807, 2.05) is 32.9 Å². The minimum atomic E-state index is -3.54. The van der Waals surface area contributed by atoms with E-state index in [1.54, 1.807) is 17.0 Å². The molecule has 0 unspecified atom stereocenters. The number of halogens is 1. The molecule has 138 valence electrons. The van der Waals surface area contributed by atoms with E-state index in [-0.39, 0.29) is 18.2 Å². The number of carbonyl (C=O) groups is 1. The zero-order valence-electron chi connectivity index (χ0n) is 14.6. The van der Waals surface area contributed by atoms with Crippen LogP contribution in [0, 0.1) is 0 Å². The van der Waals surface area contributed by atoms with E-state index >= 15 is 0 Å². The lowest BCUT2D eigenvalue weighted by atomic mass is 10.2. The first kappa shape index (κ1) is 18.7. The molecule has 6 nitrogen and oxygen atoms in total. The Balaban J connectivity index is 1.72. The molecule has 0 saturated carbocycles. The van der Waals surface area contributed by atoms with Gasteiger partial charge in [0.1, 0.15) is 5.60 Å². The molecule has 0 aromatic heterocycles. The first-order chi connectivity index (χ1) is 11.6. The van der Waals surface area contributed by atoms with Crippen LogP contribution in [0.4, 0.5) is 4.79 Å². The number of alkyl halides is 1. The molecule has 2 aliphatic rings. The smallest absolute Gasteiger partial charge is 0.410 e. The first-order valence-electron chi connectivity index (χ1n) is 8.28. The van der Waals surface area contributed by atoms with Crippen LogP contribution in [-0.4, -0.2) is 54.5 Å². The fourth-order valence-electron chi connectivity index (χ4n) is 3.35. The number of hydrogen-bond donors (Lipinski definition) is 0. The maximum atomic E-state index is 12.9. The summed E-state index contributed by atoms with van der Waals surface area (Å²) in [5.41, 5.74) is 0.472. The summed E-state index contributed by atoms with van der Waals surface area (Å²) in [7, 11) is -3.54. The molecule has 2 atom stereocenters. The van der Waals surface area contributed by atoms with Crippen LogP contribution in [0.1, 0.15) is 32.8 Å². The van der Waals surface area contributed by atoms with Crippen molar-refractivity contribution in [2.24, 2.45) is 0 Å². The maximum absolute atomic E-state index is 12.9. The van der Waals surface area contributed by atoms with Crippen molar-refractivity contribution in [3.63, 3.8) is 0 Å². The third-order valence-electron chi connectivity index (χ3n) is 4.50. The van der Waals surface area contributed by atoms with Gasteiger partial charge in [-0.25, -0.2) is 13.2 Å². The van der Waals surface area contributed by atoms with E-state index < -0.39 is 15.6 Å². The standard InChI is InChI=1S/C17H23BrN2O4S/c1-17(2,3)24-16(21)19-10-14-8-13(19)11-20(14)25(22,23)15-6-4-12(9-18)5-7-15/h4-7,13-14H,8-11H2,1-3H3/t13-,14-/m0/s1. The second-order valence-corrected chi connectivity index (χ2v) is 9.98. The van der Waals surface area contributed by atoms with Crippen LogP contribution in [0.15, 0.2) is 29.2 Å². The normalized spacial score (nSPS) is 23.9. The molecule has 2 aliphatic heterocycles. The topological polar surface area (TPSA) is 66.9 Å². The van der Waals surface area contributed by atoms with Gasteiger partial charge in [0.2, 0.25) is 10.0 Å². The summed E-state index contributed by atoms with van der Waals surface area (Å²) in [6.45, 7) is 6.19. The quantitative estimate of drug-likeness (QED) is 0.691. The van der Waals surface area contributed by atoms with E-state index in [1.165, 1.54) is 4.31 Å². The molecule has 2 heterocycles. The first-order valence-corrected chi connectivity index (χ1v) is 10.8. The summed E-state index contributed by atoms with van der Waals surface area (Å²) in [5.74, 6) is 0. The average molecular weight is 431 g/mol. The molecule has 8 heteroatoms. The molecule has 1 amide bonds. The fourth-order valence-corrected chi connectivity index (χ4v) is 5.39. The zero-order chi connectivity index (χ0) is 18.4. The molecule has 0 spiro atoms. The van der Waals surface area contributed by atoms with Gasteiger partial charge < -0.3 is 9.64 Å². The summed E-state index contributed by atoms with van der Waals surface area (Å²) >= 11 is 3.36. The summed E-state index contributed by atoms with van der Waals surface area (Å²) < 4.78 is 32.8. The largest absolute Gasteiger partial charge is 0.444 e. The average Bonchev–Trinajstić information content (AvgIpc) is 3.14. The van der Waals surface area contributed by atoms with Crippen LogP contribution < -0.4 is 0 Å². The van der Waals surface area contributed by atoms with Gasteiger partial charge >= 0.3 is 6.09 Å². The molecule has 0 N–H and O–H groups in total. The number of hydrogen-bond acceptors (Lipinski definition) is 4. The number of ether oxygens (including phenoxy) is 1. The molecule has 1 aromatic rings. The Morgan fingerprint density at radius 1 is 1.20 bits per heavy atom. The second kappa shape index (κ2) is 6.55. The van der Waals surface area contributed by atoms with Gasteiger partial charge in [0, 0.05) is 24.5 Å². The molecule has 2 fully saturated rings. The van der Waals surface area contributed by atoms with E-state index in [0.29, 0.717) is 29.7 Å². The van der Waals surface area contributed by atoms with Gasteiger partial charge in [0.25, 0.3) is 0 Å². The molecule has 1 aromatic carbocycles. The monoisotopic (exact) mass is 430 g/mol. The van der Waals surface area contributed by atoms with E-state index in [9.17, 15) is 13.2 Å². The number of carbonyl (C=O) groups excluding carboxylic acids is 1. The van der Waals surface area contributed by atoms with Crippen LogP contribution in [0.3, 0.4) is 0 Å². The third-order valence-corrected chi connectivity index (χ3v) is 7.08. The van der Waals surface area contributed by atoms with Crippen molar-refractivity contribution < 1.29 is 17.9 Å². The molecule has 2 saturated heterocycles. The van der Waals surface area contributed by atoms with Gasteiger partial charge in [-0.3, -0.25) is 0 Å². The van der Waals surface area contributed by atoms with Crippen LogP contribution in [0.25, 0.3) is 0 Å². The minimum Gasteiger partial charge on any atom is -0.444 e. The fraction of sp³-hybridized carbons (Fsp3) is 0.588. The highest BCUT2D eigenvalue weighted by Gasteiger charge is 2.50. The van der Waals surface area contributed by atoms with Gasteiger partial charge in [-0.05, 0) is 44.9 Å². The Morgan fingerprint density at radius 3 is 2.32 bits per heavy atom. The number of fused-ring (bicyclic) bond motifs is 2. The molecule has 0 aliphatic carbocycles. The highest BCUT2D eigenvalue weighted by atomic mass is 79.9. The lowest BCUT2D eigenvalue weighted by Gasteiger charge is -2.34. The van der Waals surface area contributed by atoms with Crippen molar-refractivity contribution >= 4 is 32.0 Å². The Hall–Kier alpha value is -1.12. The SMILES string of the molecule is CC(C)(C)OC(=O)N1C[C@@H]2C[C@H]1CN2S(=O)(=O)c1ccc(CBr)cc1. The van der Waals surface area contributed by atoms with Crippen LogP contribution >= 0.6 is 15.9 Å². The van der Waals surface area contributed by atoms with Crippen molar-refractivity contribution in [2.75, 3.05) is 13.1 Å². The molecule has 2 bridgehead atoms. The van der Waals surface area contributed by atoms with Crippen molar-refractivity contribution in [1.29, 1.82) is 0 Å². The van der Waals surface area contributed by atoms with Crippen LogP contribution in [0.5, 0.6) is 0 Å². The van der Waals surface area contributed by atoms with Crippen molar-refractivity contribution in [3.8, 4) is 0 Å². The summed E-state index contributed by atoms with van der Waals surface area (Å²) in [6.07, 6.45) is 0.302. The van der Waals surface area contributed by atoms with Crippen LogP contribution in [0.2, 0.25) is 0 Å². The number of sulfonamides is 1. The number of rotatable bonds is 3. The van der Waals surface area contributed by atoms with Crippen molar-refractivity contribution in [3.05, 3.63) is 29.8 Å². The van der Waals surface area contributed by atoms with Gasteiger partial charge in [-0.2, -0.15) is 4.31 Å². The summed E-state index contributed by atoms with van der Waals surface area (Å²) in [4.78, 5) is 14.2. The molecule has 0 radical (unpaired) electrons. The van der Waals surface area contributed by atoms with Crippen molar-refractivity contribution in [1.82, 2.24) is 9.21 Å². The van der Waals surface area contributed by atoms with Crippen molar-refractivity contribution in [2.45, 2.75) is 55.1 Å².